The Morgan fingerprint density at radius 3 is 2.60 bits per heavy atom. The molecule has 0 spiro atoms. The fourth-order valence-electron chi connectivity index (χ4n) is 3.81. The van der Waals surface area contributed by atoms with Crippen LogP contribution in [0.15, 0.2) is 67.0 Å². The number of para-hydroxylation sites is 1. The molecule has 0 aliphatic rings. The van der Waals surface area contributed by atoms with E-state index in [9.17, 15) is 19.1 Å². The van der Waals surface area contributed by atoms with Gasteiger partial charge in [0.25, 0.3) is 11.8 Å². The summed E-state index contributed by atoms with van der Waals surface area (Å²) in [5.74, 6) is -1.17. The van der Waals surface area contributed by atoms with Gasteiger partial charge in [-0.1, -0.05) is 18.2 Å². The van der Waals surface area contributed by atoms with Crippen molar-refractivity contribution in [1.82, 2.24) is 25.0 Å². The van der Waals surface area contributed by atoms with Crippen LogP contribution in [0, 0.1) is 5.82 Å². The van der Waals surface area contributed by atoms with Crippen molar-refractivity contribution in [2.24, 2.45) is 0 Å². The van der Waals surface area contributed by atoms with E-state index in [1.165, 1.54) is 47.0 Å². The number of nitrogens with zero attached hydrogens (tertiary/aromatic N) is 4. The summed E-state index contributed by atoms with van der Waals surface area (Å²) in [5.41, 5.74) is 6.24. The number of benzene rings is 2. The molecule has 0 bridgehead atoms. The molecule has 4 N–H and O–H groups in total. The van der Waals surface area contributed by atoms with E-state index in [1.807, 2.05) is 12.1 Å². The van der Waals surface area contributed by atoms with Crippen molar-refractivity contribution in [3.63, 3.8) is 0 Å². The fourth-order valence-corrected chi connectivity index (χ4v) is 3.81. The average Bonchev–Trinajstić information content (AvgIpc) is 3.23. The minimum atomic E-state index is -1.43. The molecule has 0 fully saturated rings. The predicted molar refractivity (Wildman–Crippen MR) is 130 cm³/mol. The largest absolute Gasteiger partial charge is 0.386 e. The van der Waals surface area contributed by atoms with Gasteiger partial charge < -0.3 is 21.1 Å². The van der Waals surface area contributed by atoms with Crippen LogP contribution in [-0.2, 0) is 0 Å². The van der Waals surface area contributed by atoms with Gasteiger partial charge in [0.05, 0.1) is 35.1 Å². The molecule has 10 heteroatoms. The molecule has 2 aromatic carbocycles. The second kappa shape index (κ2) is 9.51. The van der Waals surface area contributed by atoms with Gasteiger partial charge >= 0.3 is 0 Å². The molecule has 9 nitrogen and oxygen atoms in total. The highest BCUT2D eigenvalue weighted by Crippen LogP contribution is 2.20. The van der Waals surface area contributed by atoms with Crippen LogP contribution in [0.1, 0.15) is 27.6 Å². The fraction of sp³-hybridized carbons (Fsp3) is 0.200. The second-order valence-corrected chi connectivity index (χ2v) is 8.55. The number of nitrogens with two attached hydrogens (primary N) is 1. The van der Waals surface area contributed by atoms with Crippen molar-refractivity contribution in [3.8, 4) is 5.69 Å². The summed E-state index contributed by atoms with van der Waals surface area (Å²) in [6, 6.07) is 14.5. The third-order valence-corrected chi connectivity index (χ3v) is 5.54. The zero-order chi connectivity index (χ0) is 25.2. The minimum Gasteiger partial charge on any atom is -0.386 e. The minimum absolute atomic E-state index is 0.0420. The maximum Gasteiger partial charge on any atom is 0.256 e. The van der Waals surface area contributed by atoms with Gasteiger partial charge in [-0.3, -0.25) is 14.6 Å². The van der Waals surface area contributed by atoms with E-state index < -0.39 is 17.3 Å². The summed E-state index contributed by atoms with van der Waals surface area (Å²) in [7, 11) is 1.57. The van der Waals surface area contributed by atoms with E-state index in [4.69, 9.17) is 5.73 Å². The number of halogens is 1. The lowest BCUT2D eigenvalue weighted by Gasteiger charge is -2.29. The van der Waals surface area contributed by atoms with Crippen LogP contribution in [0.25, 0.3) is 16.6 Å². The van der Waals surface area contributed by atoms with Crippen molar-refractivity contribution in [2.45, 2.75) is 12.5 Å². The first-order chi connectivity index (χ1) is 16.7. The summed E-state index contributed by atoms with van der Waals surface area (Å²) in [5, 5.41) is 18.4. The smallest absolute Gasteiger partial charge is 0.256 e. The lowest BCUT2D eigenvalue weighted by molar-refractivity contribution is 0.0243. The molecule has 1 unspecified atom stereocenters. The van der Waals surface area contributed by atoms with Crippen molar-refractivity contribution < 1.29 is 19.1 Å². The Labute approximate surface area is 201 Å². The number of hydrogen-bond donors (Lipinski definition) is 3. The first-order valence-corrected chi connectivity index (χ1v) is 10.9. The van der Waals surface area contributed by atoms with Crippen molar-refractivity contribution in [1.29, 1.82) is 0 Å². The number of nitrogens with one attached hydrogen (secondary N) is 1. The molecular formula is C25H25FN6O3. The first kappa shape index (κ1) is 23.8. The van der Waals surface area contributed by atoms with E-state index >= 15 is 0 Å². The van der Waals surface area contributed by atoms with E-state index in [1.54, 1.807) is 31.4 Å². The van der Waals surface area contributed by atoms with Crippen LogP contribution in [-0.4, -0.2) is 62.3 Å². The quantitative estimate of drug-likeness (QED) is 0.376. The number of anilines is 1. The van der Waals surface area contributed by atoms with Crippen LogP contribution in [0.2, 0.25) is 0 Å². The van der Waals surface area contributed by atoms with Gasteiger partial charge in [-0.05, 0) is 43.3 Å². The Kier molecular flexibility index (Phi) is 6.48. The molecule has 4 rings (SSSR count). The summed E-state index contributed by atoms with van der Waals surface area (Å²) in [6.45, 7) is 1.34. The molecule has 2 amide bonds. The van der Waals surface area contributed by atoms with Crippen molar-refractivity contribution in [2.75, 3.05) is 25.9 Å². The normalized spacial score (nSPS) is 12.8. The first-order valence-electron chi connectivity index (χ1n) is 10.9. The molecule has 0 saturated heterocycles. The van der Waals surface area contributed by atoms with Crippen molar-refractivity contribution in [3.05, 3.63) is 83.9 Å². The Hall–Kier alpha value is -4.31. The molecular weight excluding hydrogens is 451 g/mol. The van der Waals surface area contributed by atoms with E-state index in [0.29, 0.717) is 16.8 Å². The number of aromatic nitrogens is 3. The Morgan fingerprint density at radius 2 is 1.86 bits per heavy atom. The third-order valence-electron chi connectivity index (χ3n) is 5.54. The highest BCUT2D eigenvalue weighted by Gasteiger charge is 2.28. The summed E-state index contributed by atoms with van der Waals surface area (Å²) in [6.07, 6.45) is 2.92. The molecule has 180 valence electrons. The van der Waals surface area contributed by atoms with Gasteiger partial charge in [-0.15, -0.1) is 0 Å². The van der Waals surface area contributed by atoms with Crippen LogP contribution < -0.4 is 11.1 Å². The van der Waals surface area contributed by atoms with Crippen LogP contribution in [0.3, 0.4) is 0 Å². The molecule has 0 saturated carbocycles. The summed E-state index contributed by atoms with van der Waals surface area (Å²) >= 11 is 0. The Balaban J connectivity index is 1.41. The van der Waals surface area contributed by atoms with Gasteiger partial charge in [-0.2, -0.15) is 5.10 Å². The van der Waals surface area contributed by atoms with Gasteiger partial charge in [0.15, 0.2) is 0 Å². The van der Waals surface area contributed by atoms with Crippen LogP contribution in [0.5, 0.6) is 0 Å². The number of pyridine rings is 1. The van der Waals surface area contributed by atoms with E-state index in [0.717, 1.165) is 5.39 Å². The molecule has 35 heavy (non-hydrogen) atoms. The van der Waals surface area contributed by atoms with Gasteiger partial charge in [0.2, 0.25) is 0 Å². The molecule has 1 atom stereocenters. The number of carbonyl (C=O) groups excluding carboxylic acids is 2. The molecule has 0 radical (unpaired) electrons. The number of aliphatic hydroxyl groups is 1. The number of nitrogen functional groups attached to an aromatic ring is 1. The molecule has 0 aliphatic carbocycles. The molecule has 4 aromatic rings. The van der Waals surface area contributed by atoms with E-state index in [2.05, 4.69) is 15.4 Å². The third kappa shape index (κ3) is 5.12. The molecule has 2 heterocycles. The molecule has 0 aliphatic heterocycles. The monoisotopic (exact) mass is 476 g/mol. The highest BCUT2D eigenvalue weighted by molar-refractivity contribution is 6.05. The Morgan fingerprint density at radius 1 is 1.14 bits per heavy atom. The van der Waals surface area contributed by atoms with Gasteiger partial charge in [0, 0.05) is 25.2 Å². The summed E-state index contributed by atoms with van der Waals surface area (Å²) in [4.78, 5) is 31.4. The standard InChI is InChI=1S/C25H25FN6O3/c1-25(35,15-31(2)24(34)19-7-3-5-16-6-4-12-28-21(16)19)14-29-23(33)20-13-30-32(22(20)27)18-10-8-17(26)9-11-18/h3-13,35H,14-15,27H2,1-2H3,(H,29,33). The number of fused-ring (bicyclic) bond motifs is 1. The summed E-state index contributed by atoms with van der Waals surface area (Å²) < 4.78 is 14.5. The average molecular weight is 477 g/mol. The van der Waals surface area contributed by atoms with E-state index in [-0.39, 0.29) is 30.4 Å². The lowest BCUT2D eigenvalue weighted by atomic mass is 10.0. The van der Waals surface area contributed by atoms with Gasteiger partial charge in [0.1, 0.15) is 17.2 Å². The number of hydrogen-bond acceptors (Lipinski definition) is 6. The number of carbonyl (C=O) groups is 2. The topological polar surface area (TPSA) is 126 Å². The second-order valence-electron chi connectivity index (χ2n) is 8.55. The van der Waals surface area contributed by atoms with Crippen molar-refractivity contribution >= 4 is 28.5 Å². The number of rotatable bonds is 7. The predicted octanol–water partition coefficient (Wildman–Crippen LogP) is 2.39. The van der Waals surface area contributed by atoms with Crippen LogP contribution in [0.4, 0.5) is 10.2 Å². The maximum atomic E-state index is 13.2. The zero-order valence-corrected chi connectivity index (χ0v) is 19.3. The number of likely N-dealkylation sites (N-methyl/N-ethyl adjacent to an activating group) is 1. The van der Waals surface area contributed by atoms with Crippen LogP contribution >= 0.6 is 0 Å². The SMILES string of the molecule is CN(CC(C)(O)CNC(=O)c1cnn(-c2ccc(F)cc2)c1N)C(=O)c1cccc2cccnc12. The number of amides is 2. The Bertz CT molecular complexity index is 1380. The maximum absolute atomic E-state index is 13.2. The molecule has 2 aromatic heterocycles. The highest BCUT2D eigenvalue weighted by atomic mass is 19.1. The van der Waals surface area contributed by atoms with Gasteiger partial charge in [-0.25, -0.2) is 9.07 Å². The lowest BCUT2D eigenvalue weighted by Crippen LogP contribution is -2.49. The zero-order valence-electron chi connectivity index (χ0n) is 19.3.